The third-order valence-corrected chi connectivity index (χ3v) is 5.90. The van der Waals surface area contributed by atoms with Crippen LogP contribution >= 0.6 is 15.9 Å². The van der Waals surface area contributed by atoms with Gasteiger partial charge in [0.05, 0.1) is 17.7 Å². The highest BCUT2D eigenvalue weighted by Crippen LogP contribution is 2.29. The first-order valence-electron chi connectivity index (χ1n) is 8.79. The van der Waals surface area contributed by atoms with Crippen molar-refractivity contribution in [1.82, 2.24) is 0 Å². The normalized spacial score (nSPS) is 11.4. The van der Waals surface area contributed by atoms with Crippen molar-refractivity contribution in [2.45, 2.75) is 11.8 Å². The fourth-order valence-corrected chi connectivity index (χ4v) is 3.91. The molecule has 0 aliphatic carbocycles. The molecule has 1 heterocycles. The van der Waals surface area contributed by atoms with Gasteiger partial charge in [-0.25, -0.2) is 8.42 Å². The van der Waals surface area contributed by atoms with E-state index in [1.165, 1.54) is 37.5 Å². The van der Waals surface area contributed by atoms with Crippen molar-refractivity contribution in [2.24, 2.45) is 0 Å². The quantitative estimate of drug-likeness (QED) is 0.463. The van der Waals surface area contributed by atoms with E-state index in [0.717, 1.165) is 10.2 Å². The Labute approximate surface area is 182 Å². The van der Waals surface area contributed by atoms with Crippen molar-refractivity contribution in [2.75, 3.05) is 17.1 Å². The van der Waals surface area contributed by atoms with Gasteiger partial charge in [0.1, 0.15) is 17.3 Å². The summed E-state index contributed by atoms with van der Waals surface area (Å²) in [5.41, 5.74) is 0.637. The first-order chi connectivity index (χ1) is 14.3. The maximum Gasteiger partial charge on any atom is 0.261 e. The minimum Gasteiger partial charge on any atom is -0.495 e. The van der Waals surface area contributed by atoms with E-state index >= 15 is 0 Å². The average molecular weight is 491 g/mol. The second-order valence-electron chi connectivity index (χ2n) is 6.25. The Morgan fingerprint density at radius 2 is 1.83 bits per heavy atom. The van der Waals surface area contributed by atoms with Gasteiger partial charge in [0.15, 0.2) is 0 Å². The van der Waals surface area contributed by atoms with Crippen LogP contribution in [0.25, 0.3) is 6.08 Å². The van der Waals surface area contributed by atoms with E-state index in [9.17, 15) is 13.2 Å². The molecular weight excluding hydrogens is 472 g/mol. The molecule has 0 aliphatic rings. The standard InChI is InChI=1S/C21H19BrN2O5S/c1-14-3-8-17(29-14)9-12-21(25)23-19-13-18(10-11-20(19)28-2)30(26,27)24-16-6-4-15(22)5-7-16/h3-13,24H,1-2H3,(H,23,25)/b12-9+. The SMILES string of the molecule is COc1ccc(S(=O)(=O)Nc2ccc(Br)cc2)cc1NC(=O)/C=C/c1ccc(C)o1. The Bertz CT molecular complexity index is 1180. The molecule has 3 rings (SSSR count). The predicted octanol–water partition coefficient (Wildman–Crippen LogP) is 4.81. The summed E-state index contributed by atoms with van der Waals surface area (Å²) in [4.78, 5) is 12.3. The van der Waals surface area contributed by atoms with Crippen molar-refractivity contribution >= 4 is 49.3 Å². The topological polar surface area (TPSA) is 97.6 Å². The molecule has 156 valence electrons. The number of ether oxygens (including phenoxy) is 1. The van der Waals surface area contributed by atoms with Crippen molar-refractivity contribution in [3.05, 3.63) is 76.7 Å². The number of carbonyl (C=O) groups is 1. The zero-order valence-electron chi connectivity index (χ0n) is 16.2. The van der Waals surface area contributed by atoms with Crippen LogP contribution in [0.4, 0.5) is 11.4 Å². The number of hydrogen-bond acceptors (Lipinski definition) is 5. The fraction of sp³-hybridized carbons (Fsp3) is 0.0952. The molecule has 1 aromatic heterocycles. The number of aryl methyl sites for hydroxylation is 1. The van der Waals surface area contributed by atoms with Gasteiger partial charge in [-0.05, 0) is 67.6 Å². The van der Waals surface area contributed by atoms with E-state index in [0.29, 0.717) is 17.2 Å². The molecule has 0 aliphatic heterocycles. The Hall–Kier alpha value is -3.04. The number of halogens is 1. The third-order valence-electron chi connectivity index (χ3n) is 4.00. The van der Waals surface area contributed by atoms with Crippen LogP contribution in [-0.4, -0.2) is 21.4 Å². The lowest BCUT2D eigenvalue weighted by Crippen LogP contribution is -2.14. The van der Waals surface area contributed by atoms with Crippen LogP contribution in [0.1, 0.15) is 11.5 Å². The molecule has 0 atom stereocenters. The van der Waals surface area contributed by atoms with Crippen molar-refractivity contribution in [1.29, 1.82) is 0 Å². The molecule has 0 spiro atoms. The average Bonchev–Trinajstić information content (AvgIpc) is 3.13. The summed E-state index contributed by atoms with van der Waals surface area (Å²) in [6.45, 7) is 1.80. The molecule has 1 amide bonds. The maximum absolute atomic E-state index is 12.7. The second kappa shape index (κ2) is 9.19. The summed E-state index contributed by atoms with van der Waals surface area (Å²) >= 11 is 3.30. The number of amides is 1. The summed E-state index contributed by atoms with van der Waals surface area (Å²) < 4.78 is 39.4. The van der Waals surface area contributed by atoms with Gasteiger partial charge < -0.3 is 14.5 Å². The van der Waals surface area contributed by atoms with Gasteiger partial charge in [0, 0.05) is 16.2 Å². The lowest BCUT2D eigenvalue weighted by Gasteiger charge is -2.13. The van der Waals surface area contributed by atoms with Crippen LogP contribution < -0.4 is 14.8 Å². The lowest BCUT2D eigenvalue weighted by molar-refractivity contribution is -0.111. The van der Waals surface area contributed by atoms with E-state index in [1.54, 1.807) is 43.3 Å². The highest BCUT2D eigenvalue weighted by molar-refractivity contribution is 9.10. The number of sulfonamides is 1. The second-order valence-corrected chi connectivity index (χ2v) is 8.84. The lowest BCUT2D eigenvalue weighted by atomic mass is 10.3. The first-order valence-corrected chi connectivity index (χ1v) is 11.1. The molecule has 0 fully saturated rings. The molecule has 0 saturated heterocycles. The minimum absolute atomic E-state index is 0.0212. The minimum atomic E-state index is -3.87. The van der Waals surface area contributed by atoms with Crippen LogP contribution in [0.15, 0.2) is 74.5 Å². The van der Waals surface area contributed by atoms with Crippen molar-refractivity contribution in [3.8, 4) is 5.75 Å². The number of hydrogen-bond donors (Lipinski definition) is 2. The maximum atomic E-state index is 12.7. The predicted molar refractivity (Wildman–Crippen MR) is 119 cm³/mol. The van der Waals surface area contributed by atoms with Crippen LogP contribution in [0.5, 0.6) is 5.75 Å². The monoisotopic (exact) mass is 490 g/mol. The number of nitrogens with one attached hydrogen (secondary N) is 2. The van der Waals surface area contributed by atoms with Crippen molar-refractivity contribution in [3.63, 3.8) is 0 Å². The van der Waals surface area contributed by atoms with E-state index in [2.05, 4.69) is 26.0 Å². The van der Waals surface area contributed by atoms with Gasteiger partial charge >= 0.3 is 0 Å². The molecule has 9 heteroatoms. The summed E-state index contributed by atoms with van der Waals surface area (Å²) in [5.74, 6) is 1.13. The van der Waals surface area contributed by atoms with Gasteiger partial charge in [0.2, 0.25) is 5.91 Å². The molecule has 0 radical (unpaired) electrons. The molecule has 7 nitrogen and oxygen atoms in total. The Kier molecular flexibility index (Phi) is 6.63. The van der Waals surface area contributed by atoms with Crippen LogP contribution in [-0.2, 0) is 14.8 Å². The number of rotatable bonds is 7. The molecule has 2 aromatic carbocycles. The smallest absolute Gasteiger partial charge is 0.261 e. The van der Waals surface area contributed by atoms with Gasteiger partial charge in [-0.3, -0.25) is 9.52 Å². The Morgan fingerprint density at radius 3 is 2.47 bits per heavy atom. The Balaban J connectivity index is 1.81. The number of anilines is 2. The van der Waals surface area contributed by atoms with Gasteiger partial charge in [-0.1, -0.05) is 15.9 Å². The number of methoxy groups -OCH3 is 1. The highest BCUT2D eigenvalue weighted by atomic mass is 79.9. The van der Waals surface area contributed by atoms with E-state index in [4.69, 9.17) is 9.15 Å². The van der Waals surface area contributed by atoms with Gasteiger partial charge in [-0.2, -0.15) is 0 Å². The number of benzene rings is 2. The molecule has 0 saturated carbocycles. The largest absolute Gasteiger partial charge is 0.495 e. The molecule has 0 bridgehead atoms. The van der Waals surface area contributed by atoms with Gasteiger partial charge in [-0.15, -0.1) is 0 Å². The van der Waals surface area contributed by atoms with E-state index < -0.39 is 15.9 Å². The van der Waals surface area contributed by atoms with E-state index in [1.807, 2.05) is 0 Å². The first kappa shape index (κ1) is 21.7. The molecular formula is C21H19BrN2O5S. The van der Waals surface area contributed by atoms with Gasteiger partial charge in [0.25, 0.3) is 10.0 Å². The summed E-state index contributed by atoms with van der Waals surface area (Å²) in [6, 6.07) is 14.5. The fourth-order valence-electron chi connectivity index (χ4n) is 2.56. The number of carbonyl (C=O) groups excluding carboxylic acids is 1. The molecule has 0 unspecified atom stereocenters. The molecule has 3 aromatic rings. The van der Waals surface area contributed by atoms with Crippen LogP contribution in [0.3, 0.4) is 0 Å². The summed E-state index contributed by atoms with van der Waals surface area (Å²) in [6.07, 6.45) is 2.81. The highest BCUT2D eigenvalue weighted by Gasteiger charge is 2.17. The van der Waals surface area contributed by atoms with E-state index in [-0.39, 0.29) is 10.6 Å². The van der Waals surface area contributed by atoms with Crippen LogP contribution in [0.2, 0.25) is 0 Å². The third kappa shape index (κ3) is 5.52. The molecule has 2 N–H and O–H groups in total. The molecule has 30 heavy (non-hydrogen) atoms. The van der Waals surface area contributed by atoms with Crippen LogP contribution in [0, 0.1) is 6.92 Å². The Morgan fingerprint density at radius 1 is 1.10 bits per heavy atom. The summed E-state index contributed by atoms with van der Waals surface area (Å²) in [5, 5.41) is 2.63. The number of furan rings is 1. The zero-order valence-corrected chi connectivity index (χ0v) is 18.6. The van der Waals surface area contributed by atoms with Crippen molar-refractivity contribution < 1.29 is 22.4 Å². The zero-order chi connectivity index (χ0) is 21.7. The summed E-state index contributed by atoms with van der Waals surface area (Å²) in [7, 11) is -2.44.